The zero-order valence-electron chi connectivity index (χ0n) is 16.9. The van der Waals surface area contributed by atoms with Crippen LogP contribution in [-0.4, -0.2) is 65.4 Å². The van der Waals surface area contributed by atoms with Gasteiger partial charge in [-0.3, -0.25) is 14.7 Å². The molecule has 2 fully saturated rings. The molecule has 2 saturated heterocycles. The fourth-order valence-corrected chi connectivity index (χ4v) is 3.94. The number of rotatable bonds is 4. The Morgan fingerprint density at radius 3 is 2.58 bits per heavy atom. The van der Waals surface area contributed by atoms with Crippen LogP contribution in [0.3, 0.4) is 0 Å². The minimum atomic E-state index is -5.08. The zero-order valence-corrected chi connectivity index (χ0v) is 16.9. The molecule has 0 spiro atoms. The zero-order chi connectivity index (χ0) is 22.6. The molecule has 3 heterocycles. The normalized spacial score (nSPS) is 23.2. The molecule has 3 atom stereocenters. The van der Waals surface area contributed by atoms with Crippen LogP contribution in [0.2, 0.25) is 0 Å². The van der Waals surface area contributed by atoms with E-state index in [1.165, 1.54) is 5.39 Å². The molecule has 168 valence electrons. The molecule has 0 bridgehead atoms. The van der Waals surface area contributed by atoms with Crippen molar-refractivity contribution in [2.75, 3.05) is 20.1 Å². The van der Waals surface area contributed by atoms with Crippen LogP contribution < -0.4 is 5.32 Å². The maximum atomic E-state index is 11.5. The summed E-state index contributed by atoms with van der Waals surface area (Å²) in [5.41, 5.74) is 2.16. The van der Waals surface area contributed by atoms with E-state index in [2.05, 4.69) is 34.5 Å². The van der Waals surface area contributed by atoms with Crippen LogP contribution in [0.5, 0.6) is 0 Å². The first-order chi connectivity index (χ1) is 14.7. The van der Waals surface area contributed by atoms with E-state index in [0.29, 0.717) is 12.3 Å². The summed E-state index contributed by atoms with van der Waals surface area (Å²) in [6.07, 6.45) is -3.27. The van der Waals surface area contributed by atoms with Gasteiger partial charge in [0.25, 0.3) is 0 Å². The van der Waals surface area contributed by atoms with Crippen LogP contribution in [0.25, 0.3) is 10.9 Å². The van der Waals surface area contributed by atoms with Crippen LogP contribution >= 0.6 is 0 Å². The van der Waals surface area contributed by atoms with Crippen molar-refractivity contribution < 1.29 is 32.6 Å². The largest absolute Gasteiger partial charge is 0.490 e. The number of fused-ring (bicyclic) bond motifs is 2. The lowest BCUT2D eigenvalue weighted by molar-refractivity contribution is -0.192. The molecular formula is C21H24F3N3O4. The molecule has 2 aliphatic rings. The van der Waals surface area contributed by atoms with Crippen LogP contribution in [0.1, 0.15) is 18.5 Å². The number of carboxylic acids is 1. The Morgan fingerprint density at radius 1 is 1.23 bits per heavy atom. The summed E-state index contributed by atoms with van der Waals surface area (Å²) in [6, 6.07) is 12.5. The average Bonchev–Trinajstić information content (AvgIpc) is 3.25. The quantitative estimate of drug-likeness (QED) is 0.761. The van der Waals surface area contributed by atoms with Gasteiger partial charge in [-0.2, -0.15) is 13.2 Å². The fraction of sp³-hybridized carbons (Fsp3) is 0.476. The molecule has 10 heteroatoms. The number of pyridine rings is 1. The first-order valence-corrected chi connectivity index (χ1v) is 9.89. The second-order valence-corrected chi connectivity index (χ2v) is 7.66. The molecule has 1 amide bonds. The highest BCUT2D eigenvalue weighted by molar-refractivity contribution is 5.78. The summed E-state index contributed by atoms with van der Waals surface area (Å²) < 4.78 is 37.8. The van der Waals surface area contributed by atoms with Crippen molar-refractivity contribution >= 4 is 22.8 Å². The lowest BCUT2D eigenvalue weighted by Crippen LogP contribution is -2.28. The standard InChI is InChI=1S/C19H23N3O2.C2HF3O2/c1-20-19(23)9-16-8-14-10-22(12-18(14)24-16)11-15-7-6-13-4-2-3-5-17(13)21-15;3-2(4,5)1(6)7/h2-7,14,16,18H,8-12H2,1H3,(H,20,23);(H,6,7)/t14-,16-,18+;/m0./s1. The van der Waals surface area contributed by atoms with E-state index < -0.39 is 12.1 Å². The van der Waals surface area contributed by atoms with Crippen molar-refractivity contribution in [2.24, 2.45) is 5.92 Å². The number of benzene rings is 1. The van der Waals surface area contributed by atoms with E-state index >= 15 is 0 Å². The predicted molar refractivity (Wildman–Crippen MR) is 106 cm³/mol. The minimum Gasteiger partial charge on any atom is -0.475 e. The molecule has 0 unspecified atom stereocenters. The Labute approximate surface area is 177 Å². The number of halogens is 3. The Morgan fingerprint density at radius 2 is 1.94 bits per heavy atom. The lowest BCUT2D eigenvalue weighted by Gasteiger charge is -2.18. The van der Waals surface area contributed by atoms with Gasteiger partial charge in [-0.05, 0) is 18.6 Å². The number of carbonyl (C=O) groups excluding carboxylic acids is 1. The highest BCUT2D eigenvalue weighted by atomic mass is 19.4. The van der Waals surface area contributed by atoms with Crippen molar-refractivity contribution in [3.05, 3.63) is 42.1 Å². The van der Waals surface area contributed by atoms with E-state index in [9.17, 15) is 18.0 Å². The second-order valence-electron chi connectivity index (χ2n) is 7.66. The number of para-hydroxylation sites is 1. The monoisotopic (exact) mass is 439 g/mol. The molecule has 0 aliphatic carbocycles. The number of nitrogens with one attached hydrogen (secondary N) is 1. The van der Waals surface area contributed by atoms with E-state index in [1.807, 2.05) is 12.1 Å². The van der Waals surface area contributed by atoms with Gasteiger partial charge in [-0.1, -0.05) is 24.3 Å². The number of carbonyl (C=O) groups is 2. The third-order valence-electron chi connectivity index (χ3n) is 5.37. The van der Waals surface area contributed by atoms with Crippen LogP contribution in [0.4, 0.5) is 13.2 Å². The summed E-state index contributed by atoms with van der Waals surface area (Å²) in [6.45, 7) is 2.83. The highest BCUT2D eigenvalue weighted by Crippen LogP contribution is 2.34. The maximum Gasteiger partial charge on any atom is 0.490 e. The molecule has 0 radical (unpaired) electrons. The predicted octanol–water partition coefficient (Wildman–Crippen LogP) is 2.59. The van der Waals surface area contributed by atoms with Gasteiger partial charge < -0.3 is 15.2 Å². The van der Waals surface area contributed by atoms with Crippen LogP contribution in [0.15, 0.2) is 36.4 Å². The summed E-state index contributed by atoms with van der Waals surface area (Å²) in [4.78, 5) is 27.6. The van der Waals surface area contributed by atoms with Gasteiger partial charge in [-0.15, -0.1) is 0 Å². The molecule has 2 aliphatic heterocycles. The molecular weight excluding hydrogens is 415 g/mol. The topological polar surface area (TPSA) is 91.8 Å². The second kappa shape index (κ2) is 9.61. The molecule has 4 rings (SSSR count). The Kier molecular flexibility index (Phi) is 7.11. The van der Waals surface area contributed by atoms with Crippen molar-refractivity contribution in [2.45, 2.75) is 37.8 Å². The number of hydrogen-bond acceptors (Lipinski definition) is 5. The average molecular weight is 439 g/mol. The number of aromatic nitrogens is 1. The molecule has 2 aromatic rings. The van der Waals surface area contributed by atoms with Crippen LogP contribution in [-0.2, 0) is 20.9 Å². The molecule has 7 nitrogen and oxygen atoms in total. The molecule has 1 aromatic carbocycles. The first-order valence-electron chi connectivity index (χ1n) is 9.89. The van der Waals surface area contributed by atoms with E-state index in [0.717, 1.165) is 37.3 Å². The van der Waals surface area contributed by atoms with Crippen LogP contribution in [0, 0.1) is 5.92 Å². The molecule has 2 N–H and O–H groups in total. The van der Waals surface area contributed by atoms with Crippen molar-refractivity contribution in [1.82, 2.24) is 15.2 Å². The first kappa shape index (κ1) is 23.0. The minimum absolute atomic E-state index is 0.0668. The van der Waals surface area contributed by atoms with E-state index in [4.69, 9.17) is 19.6 Å². The summed E-state index contributed by atoms with van der Waals surface area (Å²) in [5.74, 6) is -2.15. The van der Waals surface area contributed by atoms with E-state index in [-0.39, 0.29) is 18.1 Å². The maximum absolute atomic E-state index is 11.5. The fourth-order valence-electron chi connectivity index (χ4n) is 3.94. The van der Waals surface area contributed by atoms with Gasteiger partial charge >= 0.3 is 12.1 Å². The van der Waals surface area contributed by atoms with Gasteiger partial charge in [0.2, 0.25) is 5.91 Å². The van der Waals surface area contributed by atoms with Crippen molar-refractivity contribution in [3.8, 4) is 0 Å². The van der Waals surface area contributed by atoms with E-state index in [1.54, 1.807) is 7.05 Å². The number of nitrogens with zero attached hydrogens (tertiary/aromatic N) is 2. The van der Waals surface area contributed by atoms with Gasteiger partial charge in [0.05, 0.1) is 29.8 Å². The summed E-state index contributed by atoms with van der Waals surface area (Å²) in [7, 11) is 1.68. The third kappa shape index (κ3) is 6.14. The Hall–Kier alpha value is -2.72. The Bertz CT molecular complexity index is 923. The van der Waals surface area contributed by atoms with Crippen molar-refractivity contribution in [1.29, 1.82) is 0 Å². The van der Waals surface area contributed by atoms with Gasteiger partial charge in [0.1, 0.15) is 0 Å². The highest BCUT2D eigenvalue weighted by Gasteiger charge is 2.42. The third-order valence-corrected chi connectivity index (χ3v) is 5.37. The lowest BCUT2D eigenvalue weighted by atomic mass is 10.0. The molecule has 0 saturated carbocycles. The molecule has 31 heavy (non-hydrogen) atoms. The van der Waals surface area contributed by atoms with Crippen molar-refractivity contribution in [3.63, 3.8) is 0 Å². The molecule has 1 aromatic heterocycles. The van der Waals surface area contributed by atoms with Gasteiger partial charge in [0, 0.05) is 38.0 Å². The Balaban J connectivity index is 0.000000339. The number of carboxylic acid groups (broad SMARTS) is 1. The summed E-state index contributed by atoms with van der Waals surface area (Å²) in [5, 5.41) is 11.0. The number of hydrogen-bond donors (Lipinski definition) is 2. The SMILES string of the molecule is CNC(=O)C[C@@H]1C[C@H]2CN(Cc3ccc4ccccc4n3)C[C@H]2O1.O=C(O)C(F)(F)F. The van der Waals surface area contributed by atoms with Gasteiger partial charge in [-0.25, -0.2) is 4.79 Å². The number of likely N-dealkylation sites (tertiary alicyclic amines) is 1. The van der Waals surface area contributed by atoms with Gasteiger partial charge in [0.15, 0.2) is 0 Å². The number of amides is 1. The number of ether oxygens (including phenoxy) is 1. The number of aliphatic carboxylic acids is 1. The smallest absolute Gasteiger partial charge is 0.475 e. The summed E-state index contributed by atoms with van der Waals surface area (Å²) >= 11 is 0. The number of alkyl halides is 3.